The van der Waals surface area contributed by atoms with Crippen molar-refractivity contribution in [3.8, 4) is 0 Å². The second kappa shape index (κ2) is 15.6. The number of phosphoric ester groups is 1. The summed E-state index contributed by atoms with van der Waals surface area (Å²) in [7, 11) is -4.76. The van der Waals surface area contributed by atoms with Crippen LogP contribution in [0.2, 0.25) is 0 Å². The summed E-state index contributed by atoms with van der Waals surface area (Å²) in [4.78, 5) is 55.1. The number of carbonyl (C=O) groups excluding carboxylic acids is 4. The van der Waals surface area contributed by atoms with Crippen molar-refractivity contribution in [1.82, 2.24) is 0 Å². The van der Waals surface area contributed by atoms with Crippen LogP contribution in [-0.4, -0.2) is 86.5 Å². The van der Waals surface area contributed by atoms with Gasteiger partial charge in [-0.1, -0.05) is 0 Å². The Labute approximate surface area is 184 Å². The quantitative estimate of drug-likeness (QED) is 0.102. The largest absolute Gasteiger partial charge is 0.472 e. The van der Waals surface area contributed by atoms with Crippen LogP contribution in [-0.2, 0) is 51.7 Å². The number of hydrogen-bond acceptors (Lipinski definition) is 14. The van der Waals surface area contributed by atoms with E-state index >= 15 is 0 Å². The molecule has 186 valence electrons. The topological polar surface area (TPSA) is 239 Å². The lowest BCUT2D eigenvalue weighted by Crippen LogP contribution is -2.41. The van der Waals surface area contributed by atoms with Crippen molar-refractivity contribution < 1.29 is 56.6 Å². The molecule has 0 fully saturated rings. The van der Waals surface area contributed by atoms with Crippen molar-refractivity contribution in [2.24, 2.45) is 17.2 Å². The fourth-order valence-corrected chi connectivity index (χ4v) is 2.59. The summed E-state index contributed by atoms with van der Waals surface area (Å²) in [6, 6.07) is -1.11. The number of ether oxygens (including phenoxy) is 4. The average Bonchev–Trinajstić information content (AvgIpc) is 2.70. The Kier molecular flexibility index (Phi) is 14.6. The molecule has 15 nitrogen and oxygen atoms in total. The summed E-state index contributed by atoms with van der Waals surface area (Å²) in [5.41, 5.74) is 15.9. The summed E-state index contributed by atoms with van der Waals surface area (Å²) in [6.07, 6.45) is -2.64. The Bertz CT molecular complexity index is 677. The van der Waals surface area contributed by atoms with E-state index in [-0.39, 0.29) is 19.5 Å². The minimum atomic E-state index is -4.76. The van der Waals surface area contributed by atoms with Gasteiger partial charge in [-0.2, -0.15) is 0 Å². The lowest BCUT2D eigenvalue weighted by atomic mass is 10.3. The fourth-order valence-electron chi connectivity index (χ4n) is 1.81. The third-order valence-electron chi connectivity index (χ3n) is 3.27. The van der Waals surface area contributed by atoms with Crippen molar-refractivity contribution in [3.05, 3.63) is 0 Å². The van der Waals surface area contributed by atoms with Gasteiger partial charge in [-0.25, -0.2) is 4.57 Å². The normalized spacial score (nSPS) is 15.6. The van der Waals surface area contributed by atoms with Gasteiger partial charge in [0.05, 0.1) is 19.6 Å². The molecule has 16 heteroatoms. The van der Waals surface area contributed by atoms with E-state index in [1.165, 1.54) is 0 Å². The molecule has 0 radical (unpaired) electrons. The molecule has 0 rings (SSSR count). The van der Waals surface area contributed by atoms with Gasteiger partial charge in [0.2, 0.25) is 0 Å². The third-order valence-corrected chi connectivity index (χ3v) is 4.22. The molecule has 0 aromatic heterocycles. The van der Waals surface area contributed by atoms with Crippen LogP contribution >= 0.6 is 7.82 Å². The zero-order chi connectivity index (χ0) is 24.7. The maximum atomic E-state index is 12.1. The van der Waals surface area contributed by atoms with Crippen LogP contribution in [0.15, 0.2) is 0 Å². The molecule has 0 spiro atoms. The number of hydrogen-bond donors (Lipinski definition) is 4. The van der Waals surface area contributed by atoms with Crippen LogP contribution in [0.1, 0.15) is 20.3 Å². The Hall–Kier alpha value is -2.13. The van der Waals surface area contributed by atoms with E-state index in [2.05, 4.69) is 4.74 Å². The zero-order valence-corrected chi connectivity index (χ0v) is 18.7. The minimum absolute atomic E-state index is 0.0221. The summed E-state index contributed by atoms with van der Waals surface area (Å²) >= 11 is 0. The minimum Gasteiger partial charge on any atom is -0.462 e. The monoisotopic (exact) mass is 487 g/mol. The number of carbonyl (C=O) groups is 4. The first kappa shape index (κ1) is 29.9. The van der Waals surface area contributed by atoms with Gasteiger partial charge >= 0.3 is 31.7 Å². The summed E-state index contributed by atoms with van der Waals surface area (Å²) < 4.78 is 40.9. The van der Waals surface area contributed by atoms with E-state index < -0.39 is 76.4 Å². The molecular weight excluding hydrogens is 457 g/mol. The lowest BCUT2D eigenvalue weighted by molar-refractivity contribution is -0.161. The van der Waals surface area contributed by atoms with Crippen LogP contribution in [0, 0.1) is 0 Å². The highest BCUT2D eigenvalue weighted by atomic mass is 31.2. The van der Waals surface area contributed by atoms with Gasteiger partial charge in [0.25, 0.3) is 0 Å². The fraction of sp³-hybridized carbons (Fsp3) is 0.750. The molecule has 32 heavy (non-hydrogen) atoms. The van der Waals surface area contributed by atoms with Crippen LogP contribution in [0.25, 0.3) is 0 Å². The highest BCUT2D eigenvalue weighted by molar-refractivity contribution is 7.47. The molecule has 0 aliphatic rings. The molecule has 0 aromatic carbocycles. The highest BCUT2D eigenvalue weighted by Crippen LogP contribution is 2.43. The van der Waals surface area contributed by atoms with E-state index in [1.807, 2.05) is 0 Å². The molecule has 0 aromatic rings. The van der Waals surface area contributed by atoms with Crippen LogP contribution in [0.3, 0.4) is 0 Å². The average molecular weight is 487 g/mol. The lowest BCUT2D eigenvalue weighted by Gasteiger charge is -2.21. The highest BCUT2D eigenvalue weighted by Gasteiger charge is 2.28. The van der Waals surface area contributed by atoms with Crippen molar-refractivity contribution in [3.63, 3.8) is 0 Å². The second-order valence-electron chi connectivity index (χ2n) is 6.22. The molecule has 0 aliphatic carbocycles. The molecule has 2 unspecified atom stereocenters. The van der Waals surface area contributed by atoms with Crippen molar-refractivity contribution in [2.45, 2.75) is 38.5 Å². The predicted molar refractivity (Wildman–Crippen MR) is 105 cm³/mol. The van der Waals surface area contributed by atoms with E-state index in [0.717, 1.165) is 13.8 Å². The van der Waals surface area contributed by atoms with Gasteiger partial charge in [-0.3, -0.25) is 28.2 Å². The van der Waals surface area contributed by atoms with Gasteiger partial charge in [-0.05, 0) is 0 Å². The molecule has 4 atom stereocenters. The second-order valence-corrected chi connectivity index (χ2v) is 7.67. The molecule has 7 N–H and O–H groups in total. The molecular formula is C16H30N3O12P. The van der Waals surface area contributed by atoms with Gasteiger partial charge in [0.1, 0.15) is 19.3 Å². The molecule has 0 saturated carbocycles. The van der Waals surface area contributed by atoms with E-state index in [0.29, 0.717) is 0 Å². The number of rotatable bonds is 16. The van der Waals surface area contributed by atoms with Gasteiger partial charge < -0.3 is 41.0 Å². The number of phosphoric acid groups is 1. The van der Waals surface area contributed by atoms with Gasteiger partial charge in [-0.15, -0.1) is 0 Å². The third kappa shape index (κ3) is 14.8. The Balaban J connectivity index is 4.90. The zero-order valence-electron chi connectivity index (χ0n) is 17.8. The van der Waals surface area contributed by atoms with Crippen LogP contribution < -0.4 is 17.2 Å². The maximum Gasteiger partial charge on any atom is 0.472 e. The molecule has 0 aliphatic heterocycles. The SMILES string of the molecule is CC(=O)OC[C@H](COP(=O)(O)OCC(COC(=O)[C@@H](N)CN)OC(=O)CCN)OC(C)=O. The first-order valence-corrected chi connectivity index (χ1v) is 10.8. The van der Waals surface area contributed by atoms with Crippen molar-refractivity contribution >= 4 is 31.7 Å². The maximum absolute atomic E-state index is 12.1. The number of esters is 4. The Morgan fingerprint density at radius 3 is 1.88 bits per heavy atom. The van der Waals surface area contributed by atoms with Crippen LogP contribution in [0.4, 0.5) is 0 Å². The summed E-state index contributed by atoms with van der Waals surface area (Å²) in [6.45, 7) is -0.360. The van der Waals surface area contributed by atoms with Crippen molar-refractivity contribution in [1.29, 1.82) is 0 Å². The standard InChI is InChI=1S/C16H30N3O12P/c1-10(20)26-6-12(30-11(2)21)8-28-32(24,25)29-9-13(31-15(22)3-4-17)7-27-16(23)14(19)5-18/h12-14H,3-9,17-19H2,1-2H3,(H,24,25)/t12-,13?,14+/m1/s1. The Morgan fingerprint density at radius 1 is 0.875 bits per heavy atom. The number of nitrogens with two attached hydrogens (primary N) is 3. The molecule has 0 bridgehead atoms. The first-order valence-electron chi connectivity index (χ1n) is 9.34. The van der Waals surface area contributed by atoms with Crippen molar-refractivity contribution in [2.75, 3.05) is 39.5 Å². The smallest absolute Gasteiger partial charge is 0.462 e. The molecule has 0 amide bonds. The molecule has 0 saturated heterocycles. The predicted octanol–water partition coefficient (Wildman–Crippen LogP) is -2.30. The van der Waals surface area contributed by atoms with E-state index in [4.69, 9.17) is 40.5 Å². The first-order chi connectivity index (χ1) is 14.9. The van der Waals surface area contributed by atoms with Crippen LogP contribution in [0.5, 0.6) is 0 Å². The summed E-state index contributed by atoms with van der Waals surface area (Å²) in [5, 5.41) is 0. The van der Waals surface area contributed by atoms with Gasteiger partial charge in [0, 0.05) is 26.9 Å². The van der Waals surface area contributed by atoms with E-state index in [1.54, 1.807) is 0 Å². The van der Waals surface area contributed by atoms with Gasteiger partial charge in [0.15, 0.2) is 12.2 Å². The van der Waals surface area contributed by atoms with E-state index in [9.17, 15) is 28.6 Å². The summed E-state index contributed by atoms with van der Waals surface area (Å²) in [5.74, 6) is -3.07. The molecule has 0 heterocycles. The Morgan fingerprint density at radius 2 is 1.41 bits per heavy atom.